The molecule has 2 N–H and O–H groups in total. The van der Waals surface area contributed by atoms with E-state index in [-0.39, 0.29) is 17.7 Å². The Hall–Kier alpha value is -3.81. The molecule has 0 saturated carbocycles. The maximum Gasteiger partial charge on any atom is 0.408 e. The zero-order valence-electron chi connectivity index (χ0n) is 27.8. The van der Waals surface area contributed by atoms with Crippen molar-refractivity contribution in [1.82, 2.24) is 10.2 Å². The lowest BCUT2D eigenvalue weighted by atomic mass is 9.97. The number of unbranched alkanes of at least 4 members (excludes halogenated alkanes) is 5. The Balaban J connectivity index is 2.54. The Kier molecular flexibility index (Phi) is 15.0. The van der Waals surface area contributed by atoms with E-state index in [0.717, 1.165) is 37.7 Å². The van der Waals surface area contributed by atoms with Crippen molar-refractivity contribution in [3.63, 3.8) is 0 Å². The van der Waals surface area contributed by atoms with Crippen molar-refractivity contribution in [3.8, 4) is 5.75 Å². The number of benzene rings is 2. The van der Waals surface area contributed by atoms with Gasteiger partial charge in [0.15, 0.2) is 0 Å². The minimum atomic E-state index is -0.949. The molecule has 8 nitrogen and oxygen atoms in total. The highest BCUT2D eigenvalue weighted by molar-refractivity contribution is 5.99. The monoisotopic (exact) mass is 607 g/mol. The molecule has 2 aromatic carbocycles. The van der Waals surface area contributed by atoms with Gasteiger partial charge in [-0.1, -0.05) is 83.7 Å². The summed E-state index contributed by atoms with van der Waals surface area (Å²) in [6.07, 6.45) is 7.59. The Morgan fingerprint density at radius 2 is 1.64 bits per heavy atom. The van der Waals surface area contributed by atoms with Crippen LogP contribution in [0.15, 0.2) is 55.1 Å². The fourth-order valence-corrected chi connectivity index (χ4v) is 4.99. The van der Waals surface area contributed by atoms with E-state index in [9.17, 15) is 14.4 Å². The van der Waals surface area contributed by atoms with Crippen LogP contribution in [0.25, 0.3) is 6.08 Å². The van der Waals surface area contributed by atoms with Gasteiger partial charge in [0, 0.05) is 12.2 Å². The van der Waals surface area contributed by atoms with Crippen LogP contribution < -0.4 is 15.4 Å². The molecule has 2 atom stereocenters. The molecule has 0 heterocycles. The van der Waals surface area contributed by atoms with Crippen molar-refractivity contribution in [2.75, 3.05) is 19.0 Å². The summed E-state index contributed by atoms with van der Waals surface area (Å²) in [5.41, 5.74) is 1.36. The molecule has 0 saturated heterocycles. The van der Waals surface area contributed by atoms with Crippen LogP contribution in [0.2, 0.25) is 0 Å². The minimum absolute atomic E-state index is 0.102. The first-order valence-electron chi connectivity index (χ1n) is 15.9. The number of ether oxygens (including phenoxy) is 2. The molecular formula is C36H53N3O5. The third kappa shape index (κ3) is 12.4. The summed E-state index contributed by atoms with van der Waals surface area (Å²) in [6.45, 7) is 15.8. The van der Waals surface area contributed by atoms with Crippen LogP contribution in [0.4, 0.5) is 10.5 Å². The second kappa shape index (κ2) is 18.1. The first kappa shape index (κ1) is 36.4. The van der Waals surface area contributed by atoms with Gasteiger partial charge >= 0.3 is 6.09 Å². The molecule has 242 valence electrons. The lowest BCUT2D eigenvalue weighted by molar-refractivity contribution is -0.141. The summed E-state index contributed by atoms with van der Waals surface area (Å²) in [7, 11) is 1.58. The highest BCUT2D eigenvalue weighted by Gasteiger charge is 2.36. The molecule has 0 aliphatic carbocycles. The number of amides is 3. The molecule has 0 radical (unpaired) electrons. The quantitative estimate of drug-likeness (QED) is 0.177. The maximum absolute atomic E-state index is 14.5. The van der Waals surface area contributed by atoms with Crippen LogP contribution in [0.5, 0.6) is 5.75 Å². The summed E-state index contributed by atoms with van der Waals surface area (Å²) in [6, 6.07) is 12.7. The number of anilines is 1. The van der Waals surface area contributed by atoms with Crippen molar-refractivity contribution in [2.24, 2.45) is 5.92 Å². The number of rotatable bonds is 17. The molecule has 2 rings (SSSR count). The van der Waals surface area contributed by atoms with Gasteiger partial charge < -0.3 is 25.0 Å². The van der Waals surface area contributed by atoms with Gasteiger partial charge in [0.1, 0.15) is 23.4 Å². The van der Waals surface area contributed by atoms with Gasteiger partial charge in [-0.25, -0.2) is 4.79 Å². The normalized spacial score (nSPS) is 12.6. The van der Waals surface area contributed by atoms with Crippen LogP contribution in [-0.4, -0.2) is 48.1 Å². The first-order valence-corrected chi connectivity index (χ1v) is 15.9. The fraction of sp³-hybridized carbons (Fsp3) is 0.528. The van der Waals surface area contributed by atoms with Crippen LogP contribution in [0, 0.1) is 5.92 Å². The first-order chi connectivity index (χ1) is 20.9. The third-order valence-electron chi connectivity index (χ3n) is 7.11. The largest absolute Gasteiger partial charge is 0.497 e. The second-order valence-corrected chi connectivity index (χ2v) is 12.6. The van der Waals surface area contributed by atoms with E-state index in [4.69, 9.17) is 9.47 Å². The van der Waals surface area contributed by atoms with Gasteiger partial charge in [0.25, 0.3) is 5.91 Å². The van der Waals surface area contributed by atoms with Crippen molar-refractivity contribution in [2.45, 2.75) is 104 Å². The number of carbonyl (C=O) groups is 3. The Morgan fingerprint density at radius 1 is 0.977 bits per heavy atom. The molecule has 2 unspecified atom stereocenters. The van der Waals surface area contributed by atoms with Gasteiger partial charge in [0.05, 0.1) is 7.11 Å². The van der Waals surface area contributed by atoms with E-state index in [0.29, 0.717) is 30.0 Å². The van der Waals surface area contributed by atoms with E-state index < -0.39 is 23.8 Å². The number of alkyl carbamates (subject to hydrolysis) is 1. The molecule has 0 aliphatic rings. The molecule has 2 aromatic rings. The predicted molar refractivity (Wildman–Crippen MR) is 179 cm³/mol. The summed E-state index contributed by atoms with van der Waals surface area (Å²) in [5, 5.41) is 5.83. The van der Waals surface area contributed by atoms with Gasteiger partial charge in [-0.2, -0.15) is 0 Å². The zero-order valence-corrected chi connectivity index (χ0v) is 27.8. The highest BCUT2D eigenvalue weighted by Crippen LogP contribution is 2.28. The lowest BCUT2D eigenvalue weighted by Gasteiger charge is -2.35. The highest BCUT2D eigenvalue weighted by atomic mass is 16.6. The second-order valence-electron chi connectivity index (χ2n) is 12.6. The summed E-state index contributed by atoms with van der Waals surface area (Å²) in [4.78, 5) is 43.2. The topological polar surface area (TPSA) is 97.0 Å². The molecule has 3 amide bonds. The van der Waals surface area contributed by atoms with Gasteiger partial charge in [0.2, 0.25) is 5.91 Å². The van der Waals surface area contributed by atoms with Gasteiger partial charge in [-0.05, 0) is 81.0 Å². The molecule has 0 aromatic heterocycles. The van der Waals surface area contributed by atoms with Crippen molar-refractivity contribution in [3.05, 3.63) is 66.2 Å². The maximum atomic E-state index is 14.5. The lowest BCUT2D eigenvalue weighted by Crippen LogP contribution is -2.53. The summed E-state index contributed by atoms with van der Waals surface area (Å²) < 4.78 is 10.8. The molecule has 44 heavy (non-hydrogen) atoms. The molecule has 0 fully saturated rings. The third-order valence-corrected chi connectivity index (χ3v) is 7.11. The van der Waals surface area contributed by atoms with Crippen LogP contribution in [-0.2, 0) is 14.3 Å². The smallest absolute Gasteiger partial charge is 0.408 e. The van der Waals surface area contributed by atoms with E-state index >= 15 is 0 Å². The molecule has 0 spiro atoms. The van der Waals surface area contributed by atoms with Crippen LogP contribution >= 0.6 is 0 Å². The van der Waals surface area contributed by atoms with E-state index in [1.165, 1.54) is 6.42 Å². The standard InChI is InChI=1S/C36H53N3O5/c1-9-11-12-13-14-15-23-39(34(41)31(24-26(3)4)38-35(42)44-36(5,6)7)32(28-18-16-17-27(10-2)25-28)33(40)37-29-19-21-30(43-8)22-20-29/h10,16-22,25-26,31-32H,2,9,11-15,23-24H2,1,3-8H3,(H,37,40)(H,38,42). The van der Waals surface area contributed by atoms with E-state index in [2.05, 4.69) is 24.1 Å². The van der Waals surface area contributed by atoms with Crippen molar-refractivity contribution in [1.29, 1.82) is 0 Å². The number of nitrogens with zero attached hydrogens (tertiary/aromatic N) is 1. The van der Waals surface area contributed by atoms with Crippen molar-refractivity contribution >= 4 is 29.7 Å². The molecular weight excluding hydrogens is 554 g/mol. The Labute approximate surface area is 264 Å². The fourth-order valence-electron chi connectivity index (χ4n) is 4.99. The van der Waals surface area contributed by atoms with Crippen LogP contribution in [0.1, 0.15) is 104 Å². The zero-order chi connectivity index (χ0) is 32.7. The Bertz CT molecular complexity index is 1200. The number of hydrogen-bond acceptors (Lipinski definition) is 5. The number of hydrogen-bond donors (Lipinski definition) is 2. The molecule has 0 aliphatic heterocycles. The number of methoxy groups -OCH3 is 1. The summed E-state index contributed by atoms with van der Waals surface area (Å²) in [5.74, 6) is 0.0987. The number of nitrogens with one attached hydrogen (secondary N) is 2. The molecule has 8 heteroatoms. The average molecular weight is 608 g/mol. The molecule has 0 bridgehead atoms. The predicted octanol–water partition coefficient (Wildman–Crippen LogP) is 8.15. The van der Waals surface area contributed by atoms with E-state index in [1.807, 2.05) is 38.1 Å². The van der Waals surface area contributed by atoms with Crippen LogP contribution in [0.3, 0.4) is 0 Å². The van der Waals surface area contributed by atoms with Gasteiger partial charge in [-0.3, -0.25) is 9.59 Å². The SMILES string of the molecule is C=Cc1cccc(C(C(=O)Nc2ccc(OC)cc2)N(CCCCCCCC)C(=O)C(CC(C)C)NC(=O)OC(C)(C)C)c1. The van der Waals surface area contributed by atoms with E-state index in [1.54, 1.807) is 63.1 Å². The Morgan fingerprint density at radius 3 is 2.23 bits per heavy atom. The van der Waals surface area contributed by atoms with Gasteiger partial charge in [-0.15, -0.1) is 0 Å². The summed E-state index contributed by atoms with van der Waals surface area (Å²) >= 11 is 0. The van der Waals surface area contributed by atoms with Crippen molar-refractivity contribution < 1.29 is 23.9 Å². The minimum Gasteiger partial charge on any atom is -0.497 e. The average Bonchev–Trinajstić information content (AvgIpc) is 2.96. The number of carbonyl (C=O) groups excluding carboxylic acids is 3.